The molecule has 0 bridgehead atoms. The molecule has 0 aromatic heterocycles. The molecule has 0 unspecified atom stereocenters. The second-order valence-electron chi connectivity index (χ2n) is 7.19. The van der Waals surface area contributed by atoms with E-state index in [0.29, 0.717) is 12.1 Å². The Morgan fingerprint density at radius 3 is 2.30 bits per heavy atom. The quantitative estimate of drug-likeness (QED) is 0.412. The third-order valence-electron chi connectivity index (χ3n) is 5.37. The van der Waals surface area contributed by atoms with Crippen molar-refractivity contribution in [3.8, 4) is 0 Å². The molecule has 2 nitrogen and oxygen atoms in total. The molecule has 0 aliphatic carbocycles. The topological polar surface area (TPSA) is 15.3 Å². The van der Waals surface area contributed by atoms with Gasteiger partial charge >= 0.3 is 0 Å². The van der Waals surface area contributed by atoms with Gasteiger partial charge in [-0.25, -0.2) is 0 Å². The molecule has 4 rings (SSSR count). The van der Waals surface area contributed by atoms with Gasteiger partial charge in [0.1, 0.15) is 0 Å². The number of nitrogens with one attached hydrogen (secondary N) is 1. The van der Waals surface area contributed by atoms with Gasteiger partial charge in [-0.1, -0.05) is 65.8 Å². The number of hydrogen-bond donors (Lipinski definition) is 1. The van der Waals surface area contributed by atoms with Crippen LogP contribution in [0.4, 0.5) is 5.69 Å². The highest BCUT2D eigenvalue weighted by molar-refractivity contribution is 7.99. The zero-order valence-corrected chi connectivity index (χ0v) is 20.0. The predicted molar refractivity (Wildman–Crippen MR) is 135 cm³/mol. The molecule has 6 heteroatoms. The van der Waals surface area contributed by atoms with E-state index >= 15 is 0 Å². The number of piperidine rings is 1. The zero-order valence-electron chi connectivity index (χ0n) is 16.8. The fourth-order valence-electron chi connectivity index (χ4n) is 3.93. The molecule has 1 aliphatic rings. The number of para-hydroxylation sites is 1. The molecule has 1 fully saturated rings. The lowest BCUT2D eigenvalue weighted by Crippen LogP contribution is -2.47. The van der Waals surface area contributed by atoms with Crippen LogP contribution in [0.3, 0.4) is 0 Å². The van der Waals surface area contributed by atoms with Crippen molar-refractivity contribution in [1.29, 1.82) is 0 Å². The molecular formula is C24H27Cl3N2S. The lowest BCUT2D eigenvalue weighted by atomic mass is 9.91. The Morgan fingerprint density at radius 1 is 0.900 bits per heavy atom. The summed E-state index contributed by atoms with van der Waals surface area (Å²) in [5.41, 5.74) is 2.64. The maximum Gasteiger partial charge on any atom is 0.0527 e. The number of nitrogens with zero attached hydrogens (tertiary/aromatic N) is 1. The van der Waals surface area contributed by atoms with Crippen molar-refractivity contribution in [1.82, 2.24) is 5.32 Å². The molecular weight excluding hydrogens is 455 g/mol. The van der Waals surface area contributed by atoms with Gasteiger partial charge in [-0.2, -0.15) is 0 Å². The molecule has 3 aromatic carbocycles. The highest BCUT2D eigenvalue weighted by Crippen LogP contribution is 2.38. The number of benzene rings is 3. The van der Waals surface area contributed by atoms with E-state index in [0.717, 1.165) is 11.6 Å². The van der Waals surface area contributed by atoms with Crippen LogP contribution in [0.15, 0.2) is 88.7 Å². The average Bonchev–Trinajstić information content (AvgIpc) is 2.76. The van der Waals surface area contributed by atoms with Gasteiger partial charge in [0.25, 0.3) is 0 Å². The van der Waals surface area contributed by atoms with Crippen LogP contribution >= 0.6 is 48.2 Å². The van der Waals surface area contributed by atoms with E-state index in [1.54, 1.807) is 11.8 Å². The van der Waals surface area contributed by atoms with Crippen molar-refractivity contribution in [2.45, 2.75) is 34.7 Å². The van der Waals surface area contributed by atoms with Gasteiger partial charge < -0.3 is 10.2 Å². The van der Waals surface area contributed by atoms with E-state index in [-0.39, 0.29) is 24.8 Å². The number of hydrogen-bond acceptors (Lipinski definition) is 3. The summed E-state index contributed by atoms with van der Waals surface area (Å²) in [6, 6.07) is 28.3. The standard InChI is InChI=1S/C24H25ClN2S.2ClH/c1-27(22-11-7-17-26-24(22)18-8-3-2-4-9-18)21-10-5-6-12-23(21)28-20-15-13-19(25)14-16-20;;/h2-6,8-10,12-16,22,24,26H,7,11,17H2,1H3;2*1H/t22-,24-;;/m1../s1. The first-order valence-corrected chi connectivity index (χ1v) is 11.0. The molecule has 0 amide bonds. The Balaban J connectivity index is 0.00000160. The largest absolute Gasteiger partial charge is 0.369 e. The summed E-state index contributed by atoms with van der Waals surface area (Å²) in [6.07, 6.45) is 2.38. The van der Waals surface area contributed by atoms with E-state index < -0.39 is 0 Å². The molecule has 1 N–H and O–H groups in total. The molecule has 1 saturated heterocycles. The van der Waals surface area contributed by atoms with Crippen LogP contribution in [-0.4, -0.2) is 19.6 Å². The maximum absolute atomic E-state index is 6.05. The zero-order chi connectivity index (χ0) is 19.3. The second-order valence-corrected chi connectivity index (χ2v) is 8.74. The van der Waals surface area contributed by atoms with E-state index in [1.165, 1.54) is 33.9 Å². The van der Waals surface area contributed by atoms with Crippen LogP contribution in [0.1, 0.15) is 24.4 Å². The van der Waals surface area contributed by atoms with Crippen molar-refractivity contribution in [2.24, 2.45) is 0 Å². The summed E-state index contributed by atoms with van der Waals surface area (Å²) in [7, 11) is 2.23. The summed E-state index contributed by atoms with van der Waals surface area (Å²) >= 11 is 7.84. The Kier molecular flexibility index (Phi) is 9.86. The van der Waals surface area contributed by atoms with Crippen molar-refractivity contribution < 1.29 is 0 Å². The monoisotopic (exact) mass is 480 g/mol. The molecule has 0 radical (unpaired) electrons. The summed E-state index contributed by atoms with van der Waals surface area (Å²) in [5.74, 6) is 0. The van der Waals surface area contributed by atoms with Crippen LogP contribution in [-0.2, 0) is 0 Å². The van der Waals surface area contributed by atoms with Crippen LogP contribution in [0, 0.1) is 0 Å². The molecule has 1 heterocycles. The normalized spacial score (nSPS) is 18.1. The minimum absolute atomic E-state index is 0. The first-order chi connectivity index (χ1) is 13.7. The number of anilines is 1. The summed E-state index contributed by atoms with van der Waals surface area (Å²) in [4.78, 5) is 4.93. The fraction of sp³-hybridized carbons (Fsp3) is 0.250. The SMILES string of the molecule is CN(c1ccccc1Sc1ccc(Cl)cc1)[C@@H]1CCCN[C@@H]1c1ccccc1.Cl.Cl. The molecule has 160 valence electrons. The number of likely N-dealkylation sites (N-methyl/N-ethyl adjacent to an activating group) is 1. The highest BCUT2D eigenvalue weighted by Gasteiger charge is 2.30. The van der Waals surface area contributed by atoms with Crippen molar-refractivity contribution in [3.05, 3.63) is 89.4 Å². The van der Waals surface area contributed by atoms with Gasteiger partial charge in [0.05, 0.1) is 11.7 Å². The van der Waals surface area contributed by atoms with E-state index in [9.17, 15) is 0 Å². The third-order valence-corrected chi connectivity index (χ3v) is 6.69. The Morgan fingerprint density at radius 2 is 1.57 bits per heavy atom. The van der Waals surface area contributed by atoms with Gasteiger partial charge in [-0.15, -0.1) is 24.8 Å². The van der Waals surface area contributed by atoms with E-state index in [4.69, 9.17) is 11.6 Å². The van der Waals surface area contributed by atoms with Crippen molar-refractivity contribution in [2.75, 3.05) is 18.5 Å². The molecule has 2 atom stereocenters. The molecule has 1 aliphatic heterocycles. The van der Waals surface area contributed by atoms with Gasteiger partial charge in [-0.3, -0.25) is 0 Å². The Labute approximate surface area is 201 Å². The number of halogens is 3. The van der Waals surface area contributed by atoms with Crippen LogP contribution < -0.4 is 10.2 Å². The minimum Gasteiger partial charge on any atom is -0.369 e. The first kappa shape index (κ1) is 24.9. The molecule has 0 saturated carbocycles. The van der Waals surface area contributed by atoms with Gasteiger partial charge in [0, 0.05) is 27.9 Å². The van der Waals surface area contributed by atoms with Crippen LogP contribution in [0.5, 0.6) is 0 Å². The molecule has 30 heavy (non-hydrogen) atoms. The summed E-state index contributed by atoms with van der Waals surface area (Å²) < 4.78 is 0. The lowest BCUT2D eigenvalue weighted by molar-refractivity contribution is 0.348. The Bertz CT molecular complexity index is 906. The summed E-state index contributed by atoms with van der Waals surface area (Å²) in [5, 5.41) is 4.52. The lowest BCUT2D eigenvalue weighted by Gasteiger charge is -2.40. The molecule has 0 spiro atoms. The van der Waals surface area contributed by atoms with Crippen LogP contribution in [0.2, 0.25) is 5.02 Å². The highest BCUT2D eigenvalue weighted by atomic mass is 35.5. The van der Waals surface area contributed by atoms with Gasteiger partial charge in [0.15, 0.2) is 0 Å². The number of rotatable bonds is 5. The average molecular weight is 482 g/mol. The maximum atomic E-state index is 6.05. The van der Waals surface area contributed by atoms with Gasteiger partial charge in [-0.05, 0) is 61.3 Å². The Hall–Kier alpha value is -1.36. The summed E-state index contributed by atoms with van der Waals surface area (Å²) in [6.45, 7) is 1.07. The van der Waals surface area contributed by atoms with E-state index in [2.05, 4.69) is 84.0 Å². The second kappa shape index (κ2) is 11.9. The van der Waals surface area contributed by atoms with Crippen molar-refractivity contribution in [3.63, 3.8) is 0 Å². The minimum atomic E-state index is 0. The van der Waals surface area contributed by atoms with Crippen LogP contribution in [0.25, 0.3) is 0 Å². The smallest absolute Gasteiger partial charge is 0.0527 e. The fourth-order valence-corrected chi connectivity index (χ4v) is 5.05. The van der Waals surface area contributed by atoms with Crippen molar-refractivity contribution >= 4 is 53.9 Å². The third kappa shape index (κ3) is 5.87. The molecule has 3 aromatic rings. The first-order valence-electron chi connectivity index (χ1n) is 9.76. The van der Waals surface area contributed by atoms with E-state index in [1.807, 2.05) is 12.1 Å². The van der Waals surface area contributed by atoms with Gasteiger partial charge in [0.2, 0.25) is 0 Å². The predicted octanol–water partition coefficient (Wildman–Crippen LogP) is 7.26.